The lowest BCUT2D eigenvalue weighted by Crippen LogP contribution is -2.40. The summed E-state index contributed by atoms with van der Waals surface area (Å²) in [5.74, 6) is 1.01. The van der Waals surface area contributed by atoms with Gasteiger partial charge < -0.3 is 15.2 Å². The second-order valence-corrected chi connectivity index (χ2v) is 7.26. The molecular weight excluding hydrogens is 280 g/mol. The third-order valence-corrected chi connectivity index (χ3v) is 3.58. The summed E-state index contributed by atoms with van der Waals surface area (Å²) < 4.78 is 5.55. The van der Waals surface area contributed by atoms with Gasteiger partial charge in [-0.2, -0.15) is 0 Å². The fraction of sp³-hybridized carbons (Fsp3) is 0.647. The number of nitrogens with zero attached hydrogens (tertiary/aromatic N) is 1. The second-order valence-electron chi connectivity index (χ2n) is 7.26. The fourth-order valence-electron chi connectivity index (χ4n) is 2.26. The maximum atomic E-state index is 12.2. The van der Waals surface area contributed by atoms with Crippen LogP contribution in [0.4, 0.5) is 0 Å². The zero-order valence-corrected chi connectivity index (χ0v) is 13.6. The Hall–Kier alpha value is -1.62. The Bertz CT molecular complexity index is 490. The average Bonchev–Trinajstić information content (AvgIpc) is 3.27. The first-order valence-corrected chi connectivity index (χ1v) is 7.88. The molecule has 0 aromatic carbocycles. The minimum Gasteiger partial charge on any atom is -0.477 e. The molecule has 0 spiro atoms. The highest BCUT2D eigenvalue weighted by atomic mass is 16.5. The van der Waals surface area contributed by atoms with Gasteiger partial charge in [-0.1, -0.05) is 20.8 Å². The minimum atomic E-state index is -0.252. The third-order valence-electron chi connectivity index (χ3n) is 3.58. The highest BCUT2D eigenvalue weighted by Gasteiger charge is 2.22. The van der Waals surface area contributed by atoms with Gasteiger partial charge in [-0.05, 0) is 36.7 Å². The van der Waals surface area contributed by atoms with Gasteiger partial charge in [0, 0.05) is 12.3 Å². The lowest BCUT2D eigenvalue weighted by molar-refractivity contribution is 0.0897. The Morgan fingerprint density at radius 2 is 2.18 bits per heavy atom. The normalized spacial score (nSPS) is 16.2. The molecule has 2 N–H and O–H groups in total. The number of pyridine rings is 1. The quantitative estimate of drug-likeness (QED) is 0.811. The Morgan fingerprint density at radius 3 is 2.68 bits per heavy atom. The molecule has 1 unspecified atom stereocenters. The molecule has 0 saturated heterocycles. The molecule has 122 valence electrons. The molecule has 5 heteroatoms. The van der Waals surface area contributed by atoms with Crippen LogP contribution in [0.3, 0.4) is 0 Å². The Morgan fingerprint density at radius 1 is 1.45 bits per heavy atom. The van der Waals surface area contributed by atoms with Gasteiger partial charge in [0.1, 0.15) is 0 Å². The molecule has 1 aliphatic carbocycles. The van der Waals surface area contributed by atoms with Crippen LogP contribution >= 0.6 is 0 Å². The molecule has 1 aromatic heterocycles. The molecule has 0 bridgehead atoms. The van der Waals surface area contributed by atoms with Gasteiger partial charge in [-0.25, -0.2) is 4.98 Å². The minimum absolute atomic E-state index is 0.0411. The summed E-state index contributed by atoms with van der Waals surface area (Å²) >= 11 is 0. The van der Waals surface area contributed by atoms with E-state index in [4.69, 9.17) is 4.74 Å². The van der Waals surface area contributed by atoms with Gasteiger partial charge >= 0.3 is 0 Å². The van der Waals surface area contributed by atoms with Crippen molar-refractivity contribution in [1.29, 1.82) is 0 Å². The van der Waals surface area contributed by atoms with Crippen LogP contribution in [0.25, 0.3) is 0 Å². The monoisotopic (exact) mass is 306 g/mol. The Balaban J connectivity index is 1.87. The van der Waals surface area contributed by atoms with E-state index in [2.05, 4.69) is 31.1 Å². The summed E-state index contributed by atoms with van der Waals surface area (Å²) in [5.41, 5.74) is 0.519. The van der Waals surface area contributed by atoms with E-state index in [-0.39, 0.29) is 24.0 Å². The zero-order valence-electron chi connectivity index (χ0n) is 13.6. The number of hydrogen-bond donors (Lipinski definition) is 2. The van der Waals surface area contributed by atoms with Crippen molar-refractivity contribution < 1.29 is 14.6 Å². The van der Waals surface area contributed by atoms with Crippen molar-refractivity contribution in [1.82, 2.24) is 10.3 Å². The van der Waals surface area contributed by atoms with Gasteiger partial charge in [0.15, 0.2) is 0 Å². The van der Waals surface area contributed by atoms with Crippen LogP contribution in [-0.2, 0) is 0 Å². The maximum Gasteiger partial charge on any atom is 0.253 e. The number of hydrogen-bond acceptors (Lipinski definition) is 4. The van der Waals surface area contributed by atoms with E-state index in [1.807, 2.05) is 0 Å². The third kappa shape index (κ3) is 5.64. The average molecular weight is 306 g/mol. The van der Waals surface area contributed by atoms with Crippen LogP contribution in [0.5, 0.6) is 5.88 Å². The van der Waals surface area contributed by atoms with E-state index in [1.165, 1.54) is 19.0 Å². The number of nitrogens with one attached hydrogen (secondary N) is 1. The number of carbonyl (C=O) groups excluding carboxylic acids is 1. The van der Waals surface area contributed by atoms with E-state index in [0.29, 0.717) is 30.4 Å². The first kappa shape index (κ1) is 16.7. The summed E-state index contributed by atoms with van der Waals surface area (Å²) in [5, 5.41) is 12.3. The van der Waals surface area contributed by atoms with Gasteiger partial charge in [0.05, 0.1) is 24.8 Å². The number of aromatic nitrogens is 1. The van der Waals surface area contributed by atoms with Crippen LogP contribution < -0.4 is 10.1 Å². The van der Waals surface area contributed by atoms with Gasteiger partial charge in [0.25, 0.3) is 5.91 Å². The van der Waals surface area contributed by atoms with Crippen molar-refractivity contribution in [3.05, 3.63) is 23.9 Å². The topological polar surface area (TPSA) is 71.5 Å². The number of carbonyl (C=O) groups is 1. The van der Waals surface area contributed by atoms with Gasteiger partial charge in [-0.3, -0.25) is 4.79 Å². The molecule has 1 aliphatic rings. The van der Waals surface area contributed by atoms with Crippen molar-refractivity contribution in [2.75, 3.05) is 13.2 Å². The number of aliphatic hydroxyl groups is 1. The van der Waals surface area contributed by atoms with Crippen LogP contribution in [0.2, 0.25) is 0 Å². The van der Waals surface area contributed by atoms with Crippen LogP contribution in [-0.4, -0.2) is 35.3 Å². The lowest BCUT2D eigenvalue weighted by Gasteiger charge is -2.25. The lowest BCUT2D eigenvalue weighted by atomic mass is 9.88. The number of ether oxygens (including phenoxy) is 1. The molecule has 1 amide bonds. The van der Waals surface area contributed by atoms with Crippen molar-refractivity contribution in [3.63, 3.8) is 0 Å². The summed E-state index contributed by atoms with van der Waals surface area (Å²) in [4.78, 5) is 16.3. The first-order valence-electron chi connectivity index (χ1n) is 7.88. The SMILES string of the molecule is CC(C)(C)CC(CO)NC(=O)c1ccc(OCC2CC2)nc1. The van der Waals surface area contributed by atoms with Crippen molar-refractivity contribution in [2.24, 2.45) is 11.3 Å². The van der Waals surface area contributed by atoms with Gasteiger partial charge in [0.2, 0.25) is 5.88 Å². The molecule has 1 heterocycles. The summed E-state index contributed by atoms with van der Waals surface area (Å²) in [6, 6.07) is 3.17. The smallest absolute Gasteiger partial charge is 0.253 e. The van der Waals surface area contributed by atoms with E-state index in [1.54, 1.807) is 12.1 Å². The summed E-state index contributed by atoms with van der Waals surface area (Å²) in [7, 11) is 0. The number of amides is 1. The number of rotatable bonds is 7. The van der Waals surface area contributed by atoms with Gasteiger partial charge in [-0.15, -0.1) is 0 Å². The van der Waals surface area contributed by atoms with Crippen molar-refractivity contribution in [3.8, 4) is 5.88 Å². The molecule has 0 aliphatic heterocycles. The molecule has 1 atom stereocenters. The summed E-state index contributed by atoms with van der Waals surface area (Å²) in [6.45, 7) is 6.87. The Labute approximate surface area is 132 Å². The predicted octanol–water partition coefficient (Wildman–Crippen LogP) is 2.40. The largest absolute Gasteiger partial charge is 0.477 e. The van der Waals surface area contributed by atoms with Crippen LogP contribution in [0.1, 0.15) is 50.4 Å². The van der Waals surface area contributed by atoms with E-state index < -0.39 is 0 Å². The van der Waals surface area contributed by atoms with Crippen molar-refractivity contribution in [2.45, 2.75) is 46.1 Å². The second kappa shape index (κ2) is 7.09. The number of aliphatic hydroxyl groups excluding tert-OH is 1. The van der Waals surface area contributed by atoms with Crippen molar-refractivity contribution >= 4 is 5.91 Å². The zero-order chi connectivity index (χ0) is 16.2. The molecule has 1 fully saturated rings. The predicted molar refractivity (Wildman–Crippen MR) is 84.9 cm³/mol. The highest BCUT2D eigenvalue weighted by molar-refractivity contribution is 5.94. The Kier molecular flexibility index (Phi) is 5.40. The molecule has 5 nitrogen and oxygen atoms in total. The molecule has 22 heavy (non-hydrogen) atoms. The highest BCUT2D eigenvalue weighted by Crippen LogP contribution is 2.29. The maximum absolute atomic E-state index is 12.2. The van der Waals surface area contributed by atoms with Crippen LogP contribution in [0, 0.1) is 11.3 Å². The van der Waals surface area contributed by atoms with E-state index in [9.17, 15) is 9.90 Å². The fourth-order valence-corrected chi connectivity index (χ4v) is 2.26. The molecule has 1 aromatic rings. The standard InChI is InChI=1S/C17H26N2O3/c1-17(2,3)8-14(10-20)19-16(21)13-6-7-15(18-9-13)22-11-12-4-5-12/h6-7,9,12,14,20H,4-5,8,10-11H2,1-3H3,(H,19,21). The van der Waals surface area contributed by atoms with Crippen LogP contribution in [0.15, 0.2) is 18.3 Å². The summed E-state index contributed by atoms with van der Waals surface area (Å²) in [6.07, 6.45) is 4.70. The van der Waals surface area contributed by atoms with E-state index in [0.717, 1.165) is 0 Å². The molecule has 1 saturated carbocycles. The van der Waals surface area contributed by atoms with E-state index >= 15 is 0 Å². The molecule has 2 rings (SSSR count). The first-order chi connectivity index (χ1) is 10.4. The molecular formula is C17H26N2O3. The molecule has 0 radical (unpaired) electrons.